The summed E-state index contributed by atoms with van der Waals surface area (Å²) in [5.74, 6) is -2.36. The number of aromatic amines is 1. The fourth-order valence-corrected chi connectivity index (χ4v) is 5.16. The largest absolute Gasteiger partial charge is 0.481 e. The van der Waals surface area contributed by atoms with Crippen molar-refractivity contribution in [2.24, 2.45) is 5.73 Å². The van der Waals surface area contributed by atoms with Gasteiger partial charge in [0.25, 0.3) is 0 Å². The van der Waals surface area contributed by atoms with Crippen LogP contribution in [0.5, 0.6) is 0 Å². The molecule has 0 bridgehead atoms. The quantitative estimate of drug-likeness (QED) is 0.337. The maximum absolute atomic E-state index is 12.0. The van der Waals surface area contributed by atoms with E-state index in [9.17, 15) is 19.5 Å². The zero-order valence-electron chi connectivity index (χ0n) is 12.7. The van der Waals surface area contributed by atoms with Crippen LogP contribution in [0, 0.1) is 0 Å². The van der Waals surface area contributed by atoms with Crippen LogP contribution in [0.25, 0.3) is 0 Å². The minimum absolute atomic E-state index is 0.123. The number of carboxylic acids is 2. The predicted octanol–water partition coefficient (Wildman–Crippen LogP) is -0.894. The number of thioether (sulfide) groups is 2. The minimum atomic E-state index is -1.24. The molecule has 5 N–H and O–H groups in total. The molecule has 2 aliphatic heterocycles. The first-order chi connectivity index (χ1) is 11.9. The van der Waals surface area contributed by atoms with Crippen molar-refractivity contribution in [3.05, 3.63) is 11.3 Å². The van der Waals surface area contributed by atoms with E-state index < -0.39 is 34.5 Å². The van der Waals surface area contributed by atoms with Gasteiger partial charge < -0.3 is 15.9 Å². The summed E-state index contributed by atoms with van der Waals surface area (Å²) in [4.78, 5) is 35.9. The van der Waals surface area contributed by atoms with Crippen molar-refractivity contribution < 1.29 is 24.6 Å². The maximum Gasteiger partial charge on any atom is 0.352 e. The number of β-lactam (4-membered cyclic amide) rings is 1. The SMILES string of the molecule is NC1C(=O)N2C(C(=O)O)=C(C(CCC(=O)O)Sc3nn[nH]n3)CS[C@@H]12. The molecule has 1 aromatic rings. The third-order valence-electron chi connectivity index (χ3n) is 3.82. The summed E-state index contributed by atoms with van der Waals surface area (Å²) < 4.78 is 0. The topological polar surface area (TPSA) is 175 Å². The Balaban J connectivity index is 1.94. The van der Waals surface area contributed by atoms with Gasteiger partial charge in [-0.25, -0.2) is 4.79 Å². The molecule has 1 saturated heterocycles. The first-order valence-electron chi connectivity index (χ1n) is 7.18. The molecule has 2 aliphatic rings. The molecule has 3 heterocycles. The molecule has 3 rings (SSSR count). The number of fused-ring (bicyclic) bond motifs is 1. The number of nitrogens with one attached hydrogen (secondary N) is 1. The van der Waals surface area contributed by atoms with E-state index in [2.05, 4.69) is 20.6 Å². The third kappa shape index (κ3) is 3.34. The molecule has 0 radical (unpaired) electrons. The van der Waals surface area contributed by atoms with E-state index in [1.165, 1.54) is 16.7 Å². The zero-order valence-corrected chi connectivity index (χ0v) is 14.3. The van der Waals surface area contributed by atoms with Crippen LogP contribution in [0.1, 0.15) is 12.8 Å². The van der Waals surface area contributed by atoms with Gasteiger partial charge in [-0.15, -0.1) is 22.0 Å². The van der Waals surface area contributed by atoms with E-state index in [-0.39, 0.29) is 23.7 Å². The maximum atomic E-state index is 12.0. The van der Waals surface area contributed by atoms with Gasteiger partial charge in [-0.1, -0.05) is 11.8 Å². The van der Waals surface area contributed by atoms with E-state index in [0.717, 1.165) is 11.8 Å². The normalized spacial score (nSPS) is 23.9. The molecule has 134 valence electrons. The zero-order chi connectivity index (χ0) is 18.1. The van der Waals surface area contributed by atoms with Crippen LogP contribution in [0.2, 0.25) is 0 Å². The van der Waals surface area contributed by atoms with Crippen molar-refractivity contribution in [2.75, 3.05) is 5.75 Å². The first kappa shape index (κ1) is 17.7. The number of carbonyl (C=O) groups excluding carboxylic acids is 1. The molecule has 13 heteroatoms. The average molecular weight is 386 g/mol. The first-order valence-corrected chi connectivity index (χ1v) is 9.11. The van der Waals surface area contributed by atoms with Crippen LogP contribution in [0.4, 0.5) is 0 Å². The molecule has 1 amide bonds. The van der Waals surface area contributed by atoms with Gasteiger partial charge in [-0.3, -0.25) is 14.5 Å². The molecule has 25 heavy (non-hydrogen) atoms. The summed E-state index contributed by atoms with van der Waals surface area (Å²) in [6.07, 6.45) is 0.00738. The lowest BCUT2D eigenvalue weighted by Gasteiger charge is -2.48. The summed E-state index contributed by atoms with van der Waals surface area (Å²) in [5, 5.41) is 31.3. The Morgan fingerprint density at radius 2 is 2.24 bits per heavy atom. The van der Waals surface area contributed by atoms with Gasteiger partial charge in [-0.05, 0) is 17.2 Å². The van der Waals surface area contributed by atoms with Crippen LogP contribution in [0.15, 0.2) is 16.4 Å². The number of hydrogen-bond acceptors (Lipinski definition) is 9. The molecule has 2 unspecified atom stereocenters. The number of tetrazole rings is 1. The van der Waals surface area contributed by atoms with Gasteiger partial charge in [0.05, 0.1) is 0 Å². The predicted molar refractivity (Wildman–Crippen MR) is 86.4 cm³/mol. The third-order valence-corrected chi connectivity index (χ3v) is 6.34. The molecule has 1 aromatic heterocycles. The molecule has 1 fully saturated rings. The number of aliphatic carboxylic acids is 2. The summed E-state index contributed by atoms with van der Waals surface area (Å²) >= 11 is 2.47. The summed E-state index contributed by atoms with van der Waals surface area (Å²) in [5.41, 5.74) is 6.07. The van der Waals surface area contributed by atoms with Crippen LogP contribution in [-0.2, 0) is 14.4 Å². The van der Waals surface area contributed by atoms with Crippen molar-refractivity contribution in [1.82, 2.24) is 25.5 Å². The molecular formula is C12H14N6O5S2. The van der Waals surface area contributed by atoms with Gasteiger partial charge in [0.15, 0.2) is 0 Å². The van der Waals surface area contributed by atoms with Gasteiger partial charge in [0.1, 0.15) is 17.1 Å². The van der Waals surface area contributed by atoms with Crippen LogP contribution >= 0.6 is 23.5 Å². The van der Waals surface area contributed by atoms with Crippen molar-refractivity contribution >= 4 is 41.4 Å². The second kappa shape index (κ2) is 7.01. The molecule has 3 atom stereocenters. The molecule has 11 nitrogen and oxygen atoms in total. The number of hydrogen-bond donors (Lipinski definition) is 4. The average Bonchev–Trinajstić information content (AvgIpc) is 3.09. The molecule has 0 saturated carbocycles. The van der Waals surface area contributed by atoms with Gasteiger partial charge in [0, 0.05) is 17.4 Å². The number of aromatic nitrogens is 4. The lowest BCUT2D eigenvalue weighted by atomic mass is 10.0. The summed E-state index contributed by atoms with van der Waals surface area (Å²) in [6.45, 7) is 0. The van der Waals surface area contributed by atoms with E-state index in [1.54, 1.807) is 0 Å². The van der Waals surface area contributed by atoms with Crippen LogP contribution < -0.4 is 5.73 Å². The Labute approximate surface area is 149 Å². The number of nitrogens with zero attached hydrogens (tertiary/aromatic N) is 4. The Morgan fingerprint density at radius 1 is 1.48 bits per heavy atom. The highest BCUT2D eigenvalue weighted by Crippen LogP contribution is 2.43. The van der Waals surface area contributed by atoms with Gasteiger partial charge in [0.2, 0.25) is 11.1 Å². The number of carboxylic acid groups (broad SMARTS) is 2. The Morgan fingerprint density at radius 3 is 2.84 bits per heavy atom. The Hall–Kier alpha value is -2.12. The van der Waals surface area contributed by atoms with Crippen LogP contribution in [-0.4, -0.2) is 76.0 Å². The van der Waals surface area contributed by atoms with Gasteiger partial charge >= 0.3 is 11.9 Å². The highest BCUT2D eigenvalue weighted by Gasteiger charge is 2.52. The highest BCUT2D eigenvalue weighted by molar-refractivity contribution is 8.01. The standard InChI is InChI=1S/C12H14N6O5S2/c13-7-9(21)18-8(11(22)23)4(3-24-10(7)18)5(1-2-6(19)20)25-12-14-16-17-15-12/h5,7,10H,1-3,13H2,(H,19,20)(H,22,23)(H,14,15,16,17)/t5?,7?,10-/m0/s1. The van der Waals surface area contributed by atoms with E-state index >= 15 is 0 Å². The number of nitrogens with two attached hydrogens (primary N) is 1. The molecule has 0 aromatic carbocycles. The van der Waals surface area contributed by atoms with E-state index in [1.807, 2.05) is 0 Å². The number of carbonyl (C=O) groups is 3. The monoisotopic (exact) mass is 386 g/mol. The molecule has 0 aliphatic carbocycles. The van der Waals surface area contributed by atoms with Crippen molar-refractivity contribution in [1.29, 1.82) is 0 Å². The van der Waals surface area contributed by atoms with Crippen LogP contribution in [0.3, 0.4) is 0 Å². The highest BCUT2D eigenvalue weighted by atomic mass is 32.2. The van der Waals surface area contributed by atoms with Crippen molar-refractivity contribution in [3.8, 4) is 0 Å². The number of rotatable bonds is 7. The fourth-order valence-electron chi connectivity index (χ4n) is 2.67. The van der Waals surface area contributed by atoms with Crippen molar-refractivity contribution in [2.45, 2.75) is 34.7 Å². The summed E-state index contributed by atoms with van der Waals surface area (Å²) in [6, 6.07) is -0.719. The summed E-state index contributed by atoms with van der Waals surface area (Å²) in [7, 11) is 0. The van der Waals surface area contributed by atoms with Crippen molar-refractivity contribution in [3.63, 3.8) is 0 Å². The second-order valence-electron chi connectivity index (χ2n) is 5.35. The second-order valence-corrected chi connectivity index (χ2v) is 7.62. The minimum Gasteiger partial charge on any atom is -0.481 e. The lowest BCUT2D eigenvalue weighted by molar-refractivity contribution is -0.148. The molecule has 0 spiro atoms. The smallest absolute Gasteiger partial charge is 0.352 e. The number of H-pyrrole nitrogens is 1. The van der Waals surface area contributed by atoms with E-state index in [4.69, 9.17) is 10.8 Å². The number of amides is 1. The Kier molecular flexibility index (Phi) is 4.96. The van der Waals surface area contributed by atoms with E-state index in [0.29, 0.717) is 11.3 Å². The lowest BCUT2D eigenvalue weighted by Crippen LogP contribution is -2.68. The fraction of sp³-hybridized carbons (Fsp3) is 0.500. The van der Waals surface area contributed by atoms with Gasteiger partial charge in [-0.2, -0.15) is 5.21 Å². The molecular weight excluding hydrogens is 372 g/mol. The Bertz CT molecular complexity index is 738.